The number of aliphatic hydroxyl groups is 1. The van der Waals surface area contributed by atoms with E-state index in [-0.39, 0.29) is 18.8 Å². The summed E-state index contributed by atoms with van der Waals surface area (Å²) in [5.41, 5.74) is 0. The van der Waals surface area contributed by atoms with Crippen LogP contribution in [0.2, 0.25) is 0 Å². The first-order chi connectivity index (χ1) is 6.43. The van der Waals surface area contributed by atoms with Crippen molar-refractivity contribution in [1.29, 1.82) is 0 Å². The molecule has 0 amide bonds. The summed E-state index contributed by atoms with van der Waals surface area (Å²) in [6, 6.07) is 0. The smallest absolute Gasteiger partial charge is 0.211 e. The van der Waals surface area contributed by atoms with Gasteiger partial charge in [0.25, 0.3) is 0 Å². The van der Waals surface area contributed by atoms with Gasteiger partial charge in [0.15, 0.2) is 0 Å². The minimum Gasteiger partial charge on any atom is -0.396 e. The summed E-state index contributed by atoms with van der Waals surface area (Å²) in [7, 11) is -3.14. The summed E-state index contributed by atoms with van der Waals surface area (Å²) < 4.78 is 29.5. The molecule has 1 saturated heterocycles. The molecule has 0 aliphatic carbocycles. The number of ether oxygens (including phenoxy) is 1. The van der Waals surface area contributed by atoms with E-state index in [2.05, 4.69) is 0 Å². The van der Waals surface area contributed by atoms with Crippen LogP contribution in [0.5, 0.6) is 0 Å². The quantitative estimate of drug-likeness (QED) is 0.695. The molecule has 2 unspecified atom stereocenters. The first kappa shape index (κ1) is 11.9. The summed E-state index contributed by atoms with van der Waals surface area (Å²) in [6.45, 7) is 2.61. The average molecular weight is 223 g/mol. The van der Waals surface area contributed by atoms with E-state index >= 15 is 0 Å². The Bertz CT molecular complexity index is 277. The number of morpholine rings is 1. The zero-order chi connectivity index (χ0) is 10.8. The number of sulfonamides is 1. The van der Waals surface area contributed by atoms with Crippen molar-refractivity contribution in [2.24, 2.45) is 0 Å². The van der Waals surface area contributed by atoms with Gasteiger partial charge in [0.2, 0.25) is 10.0 Å². The maximum atomic E-state index is 11.3. The van der Waals surface area contributed by atoms with Crippen molar-refractivity contribution in [2.75, 3.05) is 26.0 Å². The number of hydrogen-bond donors (Lipinski definition) is 1. The van der Waals surface area contributed by atoms with Crippen molar-refractivity contribution in [2.45, 2.75) is 25.6 Å². The van der Waals surface area contributed by atoms with E-state index in [0.29, 0.717) is 19.5 Å². The van der Waals surface area contributed by atoms with Crippen LogP contribution in [-0.2, 0) is 14.8 Å². The minimum atomic E-state index is -3.14. The Morgan fingerprint density at radius 3 is 2.64 bits per heavy atom. The van der Waals surface area contributed by atoms with Gasteiger partial charge in [-0.1, -0.05) is 0 Å². The zero-order valence-corrected chi connectivity index (χ0v) is 9.33. The maximum absolute atomic E-state index is 11.3. The highest BCUT2D eigenvalue weighted by molar-refractivity contribution is 7.88. The van der Waals surface area contributed by atoms with Gasteiger partial charge in [-0.15, -0.1) is 0 Å². The number of rotatable bonds is 3. The van der Waals surface area contributed by atoms with E-state index in [4.69, 9.17) is 9.84 Å². The zero-order valence-electron chi connectivity index (χ0n) is 8.51. The Kier molecular flexibility index (Phi) is 3.88. The standard InChI is InChI=1S/C8H17NO4S/c1-7-5-9(14(2,11)12)6-8(13-7)3-4-10/h7-8,10H,3-6H2,1-2H3. The highest BCUT2D eigenvalue weighted by atomic mass is 32.2. The molecular formula is C8H17NO4S. The van der Waals surface area contributed by atoms with Crippen molar-refractivity contribution in [3.05, 3.63) is 0 Å². The van der Waals surface area contributed by atoms with Crippen LogP contribution in [0.1, 0.15) is 13.3 Å². The molecule has 6 heteroatoms. The van der Waals surface area contributed by atoms with E-state index in [9.17, 15) is 8.42 Å². The van der Waals surface area contributed by atoms with Crippen molar-refractivity contribution in [3.8, 4) is 0 Å². The van der Waals surface area contributed by atoms with E-state index in [0.717, 1.165) is 0 Å². The monoisotopic (exact) mass is 223 g/mol. The van der Waals surface area contributed by atoms with Crippen LogP contribution >= 0.6 is 0 Å². The van der Waals surface area contributed by atoms with Gasteiger partial charge in [-0.3, -0.25) is 0 Å². The average Bonchev–Trinajstić information content (AvgIpc) is 2.02. The first-order valence-corrected chi connectivity index (χ1v) is 6.49. The Morgan fingerprint density at radius 2 is 2.14 bits per heavy atom. The van der Waals surface area contributed by atoms with Crippen molar-refractivity contribution >= 4 is 10.0 Å². The van der Waals surface area contributed by atoms with Crippen LogP contribution in [0.3, 0.4) is 0 Å². The summed E-state index contributed by atoms with van der Waals surface area (Å²) in [5, 5.41) is 8.75. The van der Waals surface area contributed by atoms with Gasteiger partial charge >= 0.3 is 0 Å². The molecule has 1 heterocycles. The fraction of sp³-hybridized carbons (Fsp3) is 1.00. The van der Waals surface area contributed by atoms with Crippen molar-refractivity contribution < 1.29 is 18.3 Å². The molecule has 1 rings (SSSR count). The molecule has 1 aliphatic heterocycles. The molecule has 14 heavy (non-hydrogen) atoms. The third kappa shape index (κ3) is 3.20. The molecule has 1 N–H and O–H groups in total. The Morgan fingerprint density at radius 1 is 1.50 bits per heavy atom. The van der Waals surface area contributed by atoms with Crippen LogP contribution in [-0.4, -0.2) is 56.0 Å². The predicted octanol–water partition coefficient (Wildman–Crippen LogP) is -0.582. The van der Waals surface area contributed by atoms with Gasteiger partial charge in [0.05, 0.1) is 18.5 Å². The maximum Gasteiger partial charge on any atom is 0.211 e. The lowest BCUT2D eigenvalue weighted by Gasteiger charge is -2.35. The van der Waals surface area contributed by atoms with Gasteiger partial charge in [0.1, 0.15) is 0 Å². The molecule has 5 nitrogen and oxygen atoms in total. The van der Waals surface area contributed by atoms with Crippen molar-refractivity contribution in [3.63, 3.8) is 0 Å². The third-order valence-electron chi connectivity index (χ3n) is 2.21. The SMILES string of the molecule is CC1CN(S(C)(=O)=O)CC(CCO)O1. The summed E-state index contributed by atoms with van der Waals surface area (Å²) >= 11 is 0. The lowest BCUT2D eigenvalue weighted by atomic mass is 10.2. The highest BCUT2D eigenvalue weighted by Crippen LogP contribution is 2.15. The van der Waals surface area contributed by atoms with E-state index in [1.54, 1.807) is 0 Å². The fourth-order valence-corrected chi connectivity index (χ4v) is 2.49. The Labute approximate surface area is 84.7 Å². The second kappa shape index (κ2) is 4.57. The highest BCUT2D eigenvalue weighted by Gasteiger charge is 2.29. The molecule has 0 saturated carbocycles. The fourth-order valence-electron chi connectivity index (χ4n) is 1.58. The van der Waals surface area contributed by atoms with Gasteiger partial charge in [-0.2, -0.15) is 4.31 Å². The largest absolute Gasteiger partial charge is 0.396 e. The summed E-state index contributed by atoms with van der Waals surface area (Å²) in [4.78, 5) is 0. The molecule has 1 fully saturated rings. The van der Waals surface area contributed by atoms with E-state index < -0.39 is 10.0 Å². The second-order valence-corrected chi connectivity index (χ2v) is 5.64. The van der Waals surface area contributed by atoms with Gasteiger partial charge in [-0.05, 0) is 13.3 Å². The molecule has 1 aliphatic rings. The molecular weight excluding hydrogens is 206 g/mol. The Hall–Kier alpha value is -0.170. The first-order valence-electron chi connectivity index (χ1n) is 4.65. The molecule has 84 valence electrons. The van der Waals surface area contributed by atoms with Gasteiger partial charge in [0, 0.05) is 19.7 Å². The second-order valence-electron chi connectivity index (χ2n) is 3.66. The minimum absolute atomic E-state index is 0.0228. The van der Waals surface area contributed by atoms with Crippen LogP contribution in [0.4, 0.5) is 0 Å². The molecule has 2 atom stereocenters. The molecule has 0 spiro atoms. The predicted molar refractivity (Wildman–Crippen MR) is 52.5 cm³/mol. The van der Waals surface area contributed by atoms with Gasteiger partial charge < -0.3 is 9.84 Å². The van der Waals surface area contributed by atoms with Crippen LogP contribution in [0.25, 0.3) is 0 Å². The van der Waals surface area contributed by atoms with E-state index in [1.165, 1.54) is 10.6 Å². The lowest BCUT2D eigenvalue weighted by molar-refractivity contribution is -0.0619. The van der Waals surface area contributed by atoms with Gasteiger partial charge in [-0.25, -0.2) is 8.42 Å². The van der Waals surface area contributed by atoms with Crippen LogP contribution in [0, 0.1) is 0 Å². The molecule has 0 bridgehead atoms. The van der Waals surface area contributed by atoms with Crippen molar-refractivity contribution in [1.82, 2.24) is 4.31 Å². The van der Waals surface area contributed by atoms with E-state index in [1.807, 2.05) is 6.92 Å². The molecule has 0 aromatic heterocycles. The molecule has 0 aromatic carbocycles. The lowest BCUT2D eigenvalue weighted by Crippen LogP contribution is -2.48. The summed E-state index contributed by atoms with van der Waals surface area (Å²) in [5.74, 6) is 0. The number of hydrogen-bond acceptors (Lipinski definition) is 4. The topological polar surface area (TPSA) is 66.8 Å². The van der Waals surface area contributed by atoms with Crippen LogP contribution < -0.4 is 0 Å². The molecule has 0 aromatic rings. The third-order valence-corrected chi connectivity index (χ3v) is 3.45. The Balaban J connectivity index is 2.63. The number of aliphatic hydroxyl groups excluding tert-OH is 1. The normalized spacial score (nSPS) is 30.5. The summed E-state index contributed by atoms with van der Waals surface area (Å²) in [6.07, 6.45) is 1.39. The number of nitrogens with zero attached hydrogens (tertiary/aromatic N) is 1. The van der Waals surface area contributed by atoms with Crippen LogP contribution in [0.15, 0.2) is 0 Å². The molecule has 0 radical (unpaired) electrons.